The first-order valence-corrected chi connectivity index (χ1v) is 11.4. The highest BCUT2D eigenvalue weighted by Crippen LogP contribution is 2.37. The number of nitrogens with zero attached hydrogens (tertiary/aromatic N) is 1. The molecule has 2 aromatic carbocycles. The van der Waals surface area contributed by atoms with Gasteiger partial charge in [0, 0.05) is 0 Å². The van der Waals surface area contributed by atoms with Gasteiger partial charge in [0.1, 0.15) is 11.9 Å². The highest BCUT2D eigenvalue weighted by Gasteiger charge is 2.25. The van der Waals surface area contributed by atoms with Gasteiger partial charge in [0.2, 0.25) is 0 Å². The van der Waals surface area contributed by atoms with E-state index in [1.165, 1.54) is 24.4 Å². The minimum atomic E-state index is -0.901. The SMILES string of the molecule is CCOc1cc(C=NNC(=O)C(NC(=O)c2ccccc2F)C(C)C)cc(Br)c1OC(C)C. The van der Waals surface area contributed by atoms with Gasteiger partial charge in [-0.25, -0.2) is 9.82 Å². The second-order valence-electron chi connectivity index (χ2n) is 7.84. The van der Waals surface area contributed by atoms with Crippen molar-refractivity contribution in [3.8, 4) is 11.5 Å². The summed E-state index contributed by atoms with van der Waals surface area (Å²) < 4.78 is 26.1. The summed E-state index contributed by atoms with van der Waals surface area (Å²) in [5, 5.41) is 6.58. The van der Waals surface area contributed by atoms with E-state index < -0.39 is 23.7 Å². The van der Waals surface area contributed by atoms with E-state index >= 15 is 0 Å². The third kappa shape index (κ3) is 7.56. The van der Waals surface area contributed by atoms with Gasteiger partial charge in [-0.1, -0.05) is 26.0 Å². The first-order chi connectivity index (χ1) is 15.6. The van der Waals surface area contributed by atoms with Crippen molar-refractivity contribution in [1.29, 1.82) is 0 Å². The van der Waals surface area contributed by atoms with E-state index in [2.05, 4.69) is 31.8 Å². The molecule has 0 bridgehead atoms. The van der Waals surface area contributed by atoms with Gasteiger partial charge in [-0.3, -0.25) is 9.59 Å². The zero-order valence-electron chi connectivity index (χ0n) is 19.3. The minimum absolute atomic E-state index is 0.0353. The molecule has 0 heterocycles. The van der Waals surface area contributed by atoms with Gasteiger partial charge in [-0.2, -0.15) is 5.10 Å². The van der Waals surface area contributed by atoms with Crippen LogP contribution >= 0.6 is 15.9 Å². The fourth-order valence-electron chi connectivity index (χ4n) is 2.91. The molecule has 2 N–H and O–H groups in total. The van der Waals surface area contributed by atoms with Crippen LogP contribution < -0.4 is 20.2 Å². The largest absolute Gasteiger partial charge is 0.490 e. The summed E-state index contributed by atoms with van der Waals surface area (Å²) in [6.45, 7) is 9.71. The Kier molecular flexibility index (Phi) is 9.84. The lowest BCUT2D eigenvalue weighted by Gasteiger charge is -2.20. The van der Waals surface area contributed by atoms with Gasteiger partial charge in [0.15, 0.2) is 11.5 Å². The van der Waals surface area contributed by atoms with E-state index in [0.717, 1.165) is 0 Å². The summed E-state index contributed by atoms with van der Waals surface area (Å²) in [6, 6.07) is 8.23. The monoisotopic (exact) mass is 521 g/mol. The summed E-state index contributed by atoms with van der Waals surface area (Å²) in [7, 11) is 0. The van der Waals surface area contributed by atoms with Gasteiger partial charge >= 0.3 is 0 Å². The van der Waals surface area contributed by atoms with Gasteiger partial charge < -0.3 is 14.8 Å². The van der Waals surface area contributed by atoms with Crippen molar-refractivity contribution in [3.63, 3.8) is 0 Å². The fraction of sp³-hybridized carbons (Fsp3) is 0.375. The van der Waals surface area contributed by atoms with Crippen molar-refractivity contribution in [3.05, 3.63) is 57.8 Å². The lowest BCUT2D eigenvalue weighted by Crippen LogP contribution is -2.48. The molecule has 0 spiro atoms. The smallest absolute Gasteiger partial charge is 0.262 e. The molecule has 0 saturated carbocycles. The van der Waals surface area contributed by atoms with Crippen LogP contribution in [-0.2, 0) is 4.79 Å². The first-order valence-electron chi connectivity index (χ1n) is 10.6. The van der Waals surface area contributed by atoms with Crippen LogP contribution in [0.4, 0.5) is 4.39 Å². The molecule has 2 amide bonds. The van der Waals surface area contributed by atoms with Gasteiger partial charge in [-0.05, 0) is 72.4 Å². The van der Waals surface area contributed by atoms with Crippen molar-refractivity contribution in [2.24, 2.45) is 11.0 Å². The maximum absolute atomic E-state index is 13.9. The molecular formula is C24H29BrFN3O4. The quantitative estimate of drug-likeness (QED) is 0.351. The molecule has 0 saturated heterocycles. The van der Waals surface area contributed by atoms with E-state index in [4.69, 9.17) is 9.47 Å². The zero-order valence-corrected chi connectivity index (χ0v) is 20.9. The molecule has 1 atom stereocenters. The average molecular weight is 522 g/mol. The molecule has 1 unspecified atom stereocenters. The minimum Gasteiger partial charge on any atom is -0.490 e. The van der Waals surface area contributed by atoms with Crippen LogP contribution in [0.1, 0.15) is 50.5 Å². The average Bonchev–Trinajstić information content (AvgIpc) is 2.74. The summed E-state index contributed by atoms with van der Waals surface area (Å²) in [4.78, 5) is 25.1. The van der Waals surface area contributed by atoms with Gasteiger partial charge in [0.05, 0.1) is 29.0 Å². The molecule has 33 heavy (non-hydrogen) atoms. The van der Waals surface area contributed by atoms with Crippen molar-refractivity contribution in [2.75, 3.05) is 6.61 Å². The van der Waals surface area contributed by atoms with E-state index in [1.807, 2.05) is 20.8 Å². The summed E-state index contributed by atoms with van der Waals surface area (Å²) in [6.07, 6.45) is 1.42. The normalized spacial score (nSPS) is 12.2. The van der Waals surface area contributed by atoms with Crippen molar-refractivity contribution in [1.82, 2.24) is 10.7 Å². The number of carbonyl (C=O) groups is 2. The Balaban J connectivity index is 2.13. The number of rotatable bonds is 10. The third-order valence-electron chi connectivity index (χ3n) is 4.43. The second kappa shape index (κ2) is 12.3. The van der Waals surface area contributed by atoms with Crippen LogP contribution in [0.5, 0.6) is 11.5 Å². The van der Waals surface area contributed by atoms with Crippen molar-refractivity contribution < 1.29 is 23.5 Å². The molecule has 2 rings (SSSR count). The Labute approximate surface area is 201 Å². The van der Waals surface area contributed by atoms with E-state index in [9.17, 15) is 14.0 Å². The zero-order chi connectivity index (χ0) is 24.5. The number of ether oxygens (including phenoxy) is 2. The molecule has 0 aliphatic rings. The maximum atomic E-state index is 13.9. The number of amides is 2. The predicted octanol–water partition coefficient (Wildman–Crippen LogP) is 4.68. The van der Waals surface area contributed by atoms with Crippen LogP contribution in [0.15, 0.2) is 46.0 Å². The standard InChI is InChI=1S/C24H29BrFN3O4/c1-6-32-20-12-16(11-18(25)22(20)33-15(4)5)13-27-29-24(31)21(14(2)3)28-23(30)17-9-7-8-10-19(17)26/h7-15,21H,6H2,1-5H3,(H,28,30)(H,29,31). The number of nitrogens with one attached hydrogen (secondary N) is 2. The molecule has 0 aliphatic carbocycles. The molecular weight excluding hydrogens is 493 g/mol. The Morgan fingerprint density at radius 1 is 1.18 bits per heavy atom. The van der Waals surface area contributed by atoms with Crippen LogP contribution in [0.25, 0.3) is 0 Å². The molecule has 7 nitrogen and oxygen atoms in total. The topological polar surface area (TPSA) is 89.0 Å². The Morgan fingerprint density at radius 2 is 1.88 bits per heavy atom. The van der Waals surface area contributed by atoms with Crippen LogP contribution in [0.3, 0.4) is 0 Å². The van der Waals surface area contributed by atoms with E-state index in [1.54, 1.807) is 32.0 Å². The highest BCUT2D eigenvalue weighted by atomic mass is 79.9. The van der Waals surface area contributed by atoms with E-state index in [-0.39, 0.29) is 17.6 Å². The number of halogens is 2. The lowest BCUT2D eigenvalue weighted by molar-refractivity contribution is -0.123. The first kappa shape index (κ1) is 26.3. The third-order valence-corrected chi connectivity index (χ3v) is 5.02. The second-order valence-corrected chi connectivity index (χ2v) is 8.69. The Bertz CT molecular complexity index is 1010. The number of hydrazone groups is 1. The highest BCUT2D eigenvalue weighted by molar-refractivity contribution is 9.10. The van der Waals surface area contributed by atoms with Crippen LogP contribution in [-0.4, -0.2) is 36.8 Å². The molecule has 2 aromatic rings. The molecule has 178 valence electrons. The predicted molar refractivity (Wildman–Crippen MR) is 129 cm³/mol. The molecule has 0 aromatic heterocycles. The maximum Gasteiger partial charge on any atom is 0.262 e. The number of carbonyl (C=O) groups excluding carboxylic acids is 2. The molecule has 0 radical (unpaired) electrons. The molecule has 0 fully saturated rings. The fourth-order valence-corrected chi connectivity index (χ4v) is 3.47. The summed E-state index contributed by atoms with van der Waals surface area (Å²) in [5.74, 6) is -0.959. The van der Waals surface area contributed by atoms with Crippen LogP contribution in [0.2, 0.25) is 0 Å². The lowest BCUT2D eigenvalue weighted by atomic mass is 10.0. The van der Waals surface area contributed by atoms with Crippen LogP contribution in [0, 0.1) is 11.7 Å². The molecule has 9 heteroatoms. The summed E-state index contributed by atoms with van der Waals surface area (Å²) in [5.41, 5.74) is 2.97. The Hall–Kier alpha value is -2.94. The van der Waals surface area contributed by atoms with Gasteiger partial charge in [-0.15, -0.1) is 0 Å². The Morgan fingerprint density at radius 3 is 2.48 bits per heavy atom. The molecule has 0 aliphatic heterocycles. The van der Waals surface area contributed by atoms with Gasteiger partial charge in [0.25, 0.3) is 11.8 Å². The number of hydrogen-bond acceptors (Lipinski definition) is 5. The van der Waals surface area contributed by atoms with Crippen molar-refractivity contribution >= 4 is 34.0 Å². The number of benzene rings is 2. The number of hydrogen-bond donors (Lipinski definition) is 2. The summed E-state index contributed by atoms with van der Waals surface area (Å²) >= 11 is 3.48. The van der Waals surface area contributed by atoms with Crippen molar-refractivity contribution in [2.45, 2.75) is 46.8 Å². The van der Waals surface area contributed by atoms with E-state index in [0.29, 0.717) is 28.1 Å².